The fourth-order valence-corrected chi connectivity index (χ4v) is 1.13. The number of esters is 1. The largest absolute Gasteiger partial charge is 0.463 e. The summed E-state index contributed by atoms with van der Waals surface area (Å²) in [5.41, 5.74) is 0.573. The van der Waals surface area contributed by atoms with E-state index in [2.05, 4.69) is 6.07 Å². The van der Waals surface area contributed by atoms with E-state index in [9.17, 15) is 4.79 Å². The smallest absolute Gasteiger partial charge is 0.330 e. The van der Waals surface area contributed by atoms with Gasteiger partial charge in [0.25, 0.3) is 0 Å². The van der Waals surface area contributed by atoms with Crippen LogP contribution in [0.2, 0.25) is 0 Å². The van der Waals surface area contributed by atoms with Crippen LogP contribution in [0.15, 0.2) is 30.5 Å². The molecule has 0 unspecified atom stereocenters. The third-order valence-electron chi connectivity index (χ3n) is 1.79. The average molecular weight is 204 g/mol. The van der Waals surface area contributed by atoms with Crippen molar-refractivity contribution in [1.82, 2.24) is 4.57 Å². The number of ether oxygens (including phenoxy) is 1. The zero-order valence-corrected chi connectivity index (χ0v) is 8.51. The molecule has 0 bridgehead atoms. The molecular formula is C11H12N2O2. The van der Waals surface area contributed by atoms with Gasteiger partial charge in [0.05, 0.1) is 6.61 Å². The first-order valence-electron chi connectivity index (χ1n) is 4.66. The first-order valence-corrected chi connectivity index (χ1v) is 4.66. The van der Waals surface area contributed by atoms with Crippen molar-refractivity contribution in [3.8, 4) is 6.07 Å². The molecule has 0 spiro atoms. The Morgan fingerprint density at radius 3 is 3.20 bits per heavy atom. The number of nitrogens with zero attached hydrogens (tertiary/aromatic N) is 2. The SMILES string of the molecule is CCOC(=O)/C=C/Cn1cccc1C#N. The summed E-state index contributed by atoms with van der Waals surface area (Å²) < 4.78 is 6.46. The Bertz CT molecular complexity index is 399. The predicted octanol–water partition coefficient (Wildman–Crippen LogP) is 1.48. The second-order valence-electron chi connectivity index (χ2n) is 2.81. The molecule has 0 fully saturated rings. The van der Waals surface area contributed by atoms with Crippen molar-refractivity contribution in [1.29, 1.82) is 5.26 Å². The van der Waals surface area contributed by atoms with Crippen LogP contribution in [0.3, 0.4) is 0 Å². The summed E-state index contributed by atoms with van der Waals surface area (Å²) >= 11 is 0. The van der Waals surface area contributed by atoms with Gasteiger partial charge in [-0.05, 0) is 19.1 Å². The van der Waals surface area contributed by atoms with Gasteiger partial charge in [0.15, 0.2) is 0 Å². The lowest BCUT2D eigenvalue weighted by Crippen LogP contribution is -2.01. The van der Waals surface area contributed by atoms with Crippen LogP contribution >= 0.6 is 0 Å². The molecular weight excluding hydrogens is 192 g/mol. The van der Waals surface area contributed by atoms with Crippen LogP contribution in [0.4, 0.5) is 0 Å². The van der Waals surface area contributed by atoms with Crippen molar-refractivity contribution in [3.63, 3.8) is 0 Å². The van der Waals surface area contributed by atoms with Crippen LogP contribution in [-0.4, -0.2) is 17.1 Å². The fraction of sp³-hybridized carbons (Fsp3) is 0.273. The lowest BCUT2D eigenvalue weighted by molar-refractivity contribution is -0.137. The third kappa shape index (κ3) is 3.31. The summed E-state index contributed by atoms with van der Waals surface area (Å²) in [6.07, 6.45) is 4.82. The molecule has 0 saturated carbocycles. The van der Waals surface area contributed by atoms with E-state index in [1.54, 1.807) is 35.9 Å². The maximum Gasteiger partial charge on any atom is 0.330 e. The van der Waals surface area contributed by atoms with Crippen LogP contribution in [0.5, 0.6) is 0 Å². The Kier molecular flexibility index (Phi) is 4.17. The highest BCUT2D eigenvalue weighted by Crippen LogP contribution is 2.00. The van der Waals surface area contributed by atoms with Gasteiger partial charge in [-0.1, -0.05) is 6.08 Å². The van der Waals surface area contributed by atoms with Crippen molar-refractivity contribution < 1.29 is 9.53 Å². The number of carbonyl (C=O) groups excluding carboxylic acids is 1. The van der Waals surface area contributed by atoms with Gasteiger partial charge in [0, 0.05) is 18.8 Å². The van der Waals surface area contributed by atoms with Gasteiger partial charge in [0.1, 0.15) is 11.8 Å². The predicted molar refractivity (Wildman–Crippen MR) is 54.9 cm³/mol. The van der Waals surface area contributed by atoms with E-state index in [0.717, 1.165) is 0 Å². The number of allylic oxidation sites excluding steroid dienone is 1. The molecule has 0 aliphatic heterocycles. The van der Waals surface area contributed by atoms with Crippen molar-refractivity contribution in [3.05, 3.63) is 36.2 Å². The Labute approximate surface area is 88.4 Å². The standard InChI is InChI=1S/C11H12N2O2/c1-2-15-11(14)6-4-8-13-7-3-5-10(13)9-12/h3-7H,2,8H2,1H3/b6-4+. The zero-order chi connectivity index (χ0) is 11.1. The number of nitriles is 1. The normalized spacial score (nSPS) is 10.1. The number of carbonyl (C=O) groups is 1. The molecule has 0 saturated heterocycles. The van der Waals surface area contributed by atoms with Crippen molar-refractivity contribution in [2.75, 3.05) is 6.61 Å². The highest BCUT2D eigenvalue weighted by molar-refractivity contribution is 5.81. The molecule has 4 heteroatoms. The van der Waals surface area contributed by atoms with Crippen LogP contribution in [0.1, 0.15) is 12.6 Å². The third-order valence-corrected chi connectivity index (χ3v) is 1.79. The Hall–Kier alpha value is -2.02. The van der Waals surface area contributed by atoms with E-state index in [4.69, 9.17) is 10.00 Å². The lowest BCUT2D eigenvalue weighted by Gasteiger charge is -1.99. The fourth-order valence-electron chi connectivity index (χ4n) is 1.13. The maximum atomic E-state index is 10.9. The molecule has 1 aromatic rings. The van der Waals surface area contributed by atoms with E-state index in [1.807, 2.05) is 0 Å². The van der Waals surface area contributed by atoms with E-state index in [1.165, 1.54) is 6.08 Å². The number of rotatable bonds is 4. The molecule has 1 aromatic heterocycles. The van der Waals surface area contributed by atoms with Gasteiger partial charge in [-0.3, -0.25) is 0 Å². The maximum absolute atomic E-state index is 10.9. The molecule has 0 aromatic carbocycles. The number of hydrogen-bond acceptors (Lipinski definition) is 3. The minimum absolute atomic E-state index is 0.358. The summed E-state index contributed by atoms with van der Waals surface area (Å²) in [5, 5.41) is 8.71. The lowest BCUT2D eigenvalue weighted by atomic mass is 10.4. The highest BCUT2D eigenvalue weighted by Gasteiger charge is 1.97. The minimum atomic E-state index is -0.358. The topological polar surface area (TPSA) is 55.0 Å². The average Bonchev–Trinajstić information content (AvgIpc) is 2.66. The molecule has 1 heterocycles. The summed E-state index contributed by atoms with van der Waals surface area (Å²) in [6.45, 7) is 2.62. The highest BCUT2D eigenvalue weighted by atomic mass is 16.5. The van der Waals surface area contributed by atoms with Gasteiger partial charge < -0.3 is 9.30 Å². The first kappa shape index (κ1) is 11.1. The van der Waals surface area contributed by atoms with E-state index in [0.29, 0.717) is 18.8 Å². The van der Waals surface area contributed by atoms with Crippen LogP contribution in [0, 0.1) is 11.3 Å². The molecule has 0 amide bonds. The minimum Gasteiger partial charge on any atom is -0.463 e. The summed E-state index contributed by atoms with van der Waals surface area (Å²) in [7, 11) is 0. The van der Waals surface area contributed by atoms with E-state index in [-0.39, 0.29) is 5.97 Å². The van der Waals surface area contributed by atoms with E-state index >= 15 is 0 Å². The van der Waals surface area contributed by atoms with E-state index < -0.39 is 0 Å². The van der Waals surface area contributed by atoms with Crippen LogP contribution in [0.25, 0.3) is 0 Å². The van der Waals surface area contributed by atoms with Gasteiger partial charge in [0.2, 0.25) is 0 Å². The molecule has 15 heavy (non-hydrogen) atoms. The molecule has 0 atom stereocenters. The van der Waals surface area contributed by atoms with Crippen molar-refractivity contribution >= 4 is 5.97 Å². The van der Waals surface area contributed by atoms with Gasteiger partial charge >= 0.3 is 5.97 Å². The Morgan fingerprint density at radius 2 is 2.53 bits per heavy atom. The Morgan fingerprint density at radius 1 is 1.73 bits per heavy atom. The quantitative estimate of drug-likeness (QED) is 0.551. The van der Waals surface area contributed by atoms with Crippen LogP contribution in [-0.2, 0) is 16.1 Å². The van der Waals surface area contributed by atoms with Crippen molar-refractivity contribution in [2.45, 2.75) is 13.5 Å². The molecule has 0 aliphatic carbocycles. The summed E-state index contributed by atoms with van der Waals surface area (Å²) in [6, 6.07) is 5.56. The monoisotopic (exact) mass is 204 g/mol. The molecule has 1 rings (SSSR count). The second kappa shape index (κ2) is 5.66. The van der Waals surface area contributed by atoms with Crippen LogP contribution < -0.4 is 0 Å². The zero-order valence-electron chi connectivity index (χ0n) is 8.51. The molecule has 78 valence electrons. The molecule has 0 aliphatic rings. The molecule has 4 nitrogen and oxygen atoms in total. The number of aromatic nitrogens is 1. The van der Waals surface area contributed by atoms with Crippen molar-refractivity contribution in [2.24, 2.45) is 0 Å². The number of hydrogen-bond donors (Lipinski definition) is 0. The first-order chi connectivity index (χ1) is 7.27. The second-order valence-corrected chi connectivity index (χ2v) is 2.81. The Balaban J connectivity index is 2.51. The van der Waals surface area contributed by atoms with Gasteiger partial charge in [-0.2, -0.15) is 5.26 Å². The molecule has 0 radical (unpaired) electrons. The summed E-state index contributed by atoms with van der Waals surface area (Å²) in [5.74, 6) is -0.358. The van der Waals surface area contributed by atoms with Gasteiger partial charge in [-0.25, -0.2) is 4.79 Å². The summed E-state index contributed by atoms with van der Waals surface area (Å²) in [4.78, 5) is 10.9. The van der Waals surface area contributed by atoms with Gasteiger partial charge in [-0.15, -0.1) is 0 Å². The molecule has 0 N–H and O–H groups in total.